The highest BCUT2D eigenvalue weighted by atomic mass is 32.2. The van der Waals surface area contributed by atoms with Gasteiger partial charge in [0.2, 0.25) is 0 Å². The smallest absolute Gasteiger partial charge is 0.0805 e. The van der Waals surface area contributed by atoms with Gasteiger partial charge in [-0.25, -0.2) is 4.21 Å². The third-order valence-electron chi connectivity index (χ3n) is 3.26. The van der Waals surface area contributed by atoms with Gasteiger partial charge in [-0.3, -0.25) is 0 Å². The molecule has 0 unspecified atom stereocenters. The van der Waals surface area contributed by atoms with Gasteiger partial charge in [0.1, 0.15) is 0 Å². The topological polar surface area (TPSA) is 17.1 Å². The molecule has 2 rings (SSSR count). The minimum absolute atomic E-state index is 0.575. The van der Waals surface area contributed by atoms with Gasteiger partial charge in [-0.2, -0.15) is 0 Å². The highest BCUT2D eigenvalue weighted by Crippen LogP contribution is 2.31. The zero-order valence-corrected chi connectivity index (χ0v) is 11.0. The predicted octanol–water partition coefficient (Wildman–Crippen LogP) is 4.05. The van der Waals surface area contributed by atoms with Gasteiger partial charge in [0, 0.05) is 9.80 Å². The highest BCUT2D eigenvalue weighted by molar-refractivity contribution is 7.89. The van der Waals surface area contributed by atoms with Crippen molar-refractivity contribution in [1.82, 2.24) is 0 Å². The number of benzene rings is 1. The van der Waals surface area contributed by atoms with Crippen LogP contribution in [0, 0.1) is 5.92 Å². The van der Waals surface area contributed by atoms with Crippen molar-refractivity contribution in [2.45, 2.75) is 31.1 Å². The van der Waals surface area contributed by atoms with Crippen molar-refractivity contribution >= 4 is 10.8 Å². The molecule has 0 fully saturated rings. The first-order valence-corrected chi connectivity index (χ1v) is 7.14. The average Bonchev–Trinajstić information content (AvgIpc) is 2.39. The van der Waals surface area contributed by atoms with Gasteiger partial charge < -0.3 is 0 Å². The summed E-state index contributed by atoms with van der Waals surface area (Å²) in [5.41, 5.74) is 1.24. The van der Waals surface area contributed by atoms with E-state index < -0.39 is 10.8 Å². The first-order chi connectivity index (χ1) is 8.18. The zero-order valence-electron chi connectivity index (χ0n) is 10.2. The van der Waals surface area contributed by atoms with E-state index in [-0.39, 0.29) is 0 Å². The van der Waals surface area contributed by atoms with Crippen LogP contribution in [0.25, 0.3) is 0 Å². The molecular weight excluding hydrogens is 228 g/mol. The molecule has 0 aliphatic heterocycles. The molecule has 0 N–H and O–H groups in total. The fraction of sp³-hybridized carbons (Fsp3) is 0.333. The Balaban J connectivity index is 2.10. The van der Waals surface area contributed by atoms with Gasteiger partial charge in [0.05, 0.1) is 10.8 Å². The third-order valence-corrected chi connectivity index (χ3v) is 4.81. The summed E-state index contributed by atoms with van der Waals surface area (Å²) >= 11 is 0. The predicted molar refractivity (Wildman–Crippen MR) is 73.1 cm³/mol. The van der Waals surface area contributed by atoms with Crippen molar-refractivity contribution in [3.8, 4) is 0 Å². The molecule has 1 aromatic rings. The molecule has 0 bridgehead atoms. The SMILES string of the molecule is C=C(C)[C@H]1CC=C([S@@](=O)c2ccccc2)CC1. The summed E-state index contributed by atoms with van der Waals surface area (Å²) in [4.78, 5) is 1.99. The molecule has 2 heteroatoms. The van der Waals surface area contributed by atoms with E-state index in [0.717, 1.165) is 29.1 Å². The first-order valence-electron chi connectivity index (χ1n) is 5.99. The number of hydrogen-bond donors (Lipinski definition) is 0. The van der Waals surface area contributed by atoms with E-state index in [9.17, 15) is 4.21 Å². The molecule has 0 saturated carbocycles. The van der Waals surface area contributed by atoms with Crippen LogP contribution in [0.5, 0.6) is 0 Å². The average molecular weight is 246 g/mol. The third kappa shape index (κ3) is 2.95. The lowest BCUT2D eigenvalue weighted by atomic mass is 9.89. The molecule has 17 heavy (non-hydrogen) atoms. The van der Waals surface area contributed by atoms with Crippen LogP contribution in [0.1, 0.15) is 26.2 Å². The summed E-state index contributed by atoms with van der Waals surface area (Å²) in [5, 5.41) is 0. The van der Waals surface area contributed by atoms with E-state index in [1.165, 1.54) is 5.57 Å². The van der Waals surface area contributed by atoms with Crippen molar-refractivity contribution in [3.05, 3.63) is 53.5 Å². The van der Waals surface area contributed by atoms with Crippen LogP contribution < -0.4 is 0 Å². The van der Waals surface area contributed by atoms with Crippen molar-refractivity contribution in [2.24, 2.45) is 5.92 Å². The molecule has 1 aromatic carbocycles. The van der Waals surface area contributed by atoms with E-state index in [1.54, 1.807) is 0 Å². The molecule has 0 radical (unpaired) electrons. The normalized spacial score (nSPS) is 21.7. The molecular formula is C15H18OS. The van der Waals surface area contributed by atoms with E-state index in [2.05, 4.69) is 19.6 Å². The summed E-state index contributed by atoms with van der Waals surface area (Å²) in [6.07, 6.45) is 5.15. The van der Waals surface area contributed by atoms with E-state index in [4.69, 9.17) is 0 Å². The second kappa shape index (κ2) is 5.46. The van der Waals surface area contributed by atoms with E-state index >= 15 is 0 Å². The van der Waals surface area contributed by atoms with E-state index in [0.29, 0.717) is 5.92 Å². The van der Waals surface area contributed by atoms with Crippen LogP contribution in [0.2, 0.25) is 0 Å². The lowest BCUT2D eigenvalue weighted by Gasteiger charge is -2.21. The molecule has 2 atom stereocenters. The lowest BCUT2D eigenvalue weighted by molar-refractivity contribution is 0.548. The van der Waals surface area contributed by atoms with Crippen LogP contribution in [0.4, 0.5) is 0 Å². The second-order valence-electron chi connectivity index (χ2n) is 4.57. The summed E-state index contributed by atoms with van der Waals surface area (Å²) in [5.74, 6) is 0.575. The van der Waals surface area contributed by atoms with Crippen molar-refractivity contribution in [3.63, 3.8) is 0 Å². The summed E-state index contributed by atoms with van der Waals surface area (Å²) in [6, 6.07) is 9.69. The van der Waals surface area contributed by atoms with Gasteiger partial charge >= 0.3 is 0 Å². The van der Waals surface area contributed by atoms with Crippen molar-refractivity contribution < 1.29 is 4.21 Å². The maximum atomic E-state index is 12.3. The van der Waals surface area contributed by atoms with Crippen molar-refractivity contribution in [2.75, 3.05) is 0 Å². The van der Waals surface area contributed by atoms with Crippen LogP contribution in [0.3, 0.4) is 0 Å². The van der Waals surface area contributed by atoms with Crippen molar-refractivity contribution in [1.29, 1.82) is 0 Å². The van der Waals surface area contributed by atoms with Gasteiger partial charge in [0.15, 0.2) is 0 Å². The molecule has 0 amide bonds. The Morgan fingerprint density at radius 1 is 1.35 bits per heavy atom. The Labute approximate surface area is 106 Å². The Morgan fingerprint density at radius 2 is 2.06 bits per heavy atom. The fourth-order valence-corrected chi connectivity index (χ4v) is 3.38. The number of allylic oxidation sites excluding steroid dienone is 3. The fourth-order valence-electron chi connectivity index (χ4n) is 2.12. The van der Waals surface area contributed by atoms with Crippen LogP contribution in [-0.4, -0.2) is 4.21 Å². The minimum atomic E-state index is -0.967. The maximum Gasteiger partial charge on any atom is 0.0805 e. The summed E-state index contributed by atoms with van der Waals surface area (Å²) in [7, 11) is -0.967. The zero-order chi connectivity index (χ0) is 12.3. The number of hydrogen-bond acceptors (Lipinski definition) is 1. The van der Waals surface area contributed by atoms with Gasteiger partial charge in [-0.15, -0.1) is 0 Å². The Morgan fingerprint density at radius 3 is 2.59 bits per heavy atom. The van der Waals surface area contributed by atoms with Gasteiger partial charge in [-0.1, -0.05) is 36.4 Å². The highest BCUT2D eigenvalue weighted by Gasteiger charge is 2.18. The van der Waals surface area contributed by atoms with Crippen LogP contribution >= 0.6 is 0 Å². The number of rotatable bonds is 3. The quantitative estimate of drug-likeness (QED) is 0.735. The Bertz CT molecular complexity index is 459. The van der Waals surface area contributed by atoms with E-state index in [1.807, 2.05) is 30.3 Å². The van der Waals surface area contributed by atoms with Gasteiger partial charge in [-0.05, 0) is 44.2 Å². The lowest BCUT2D eigenvalue weighted by Crippen LogP contribution is -2.09. The molecule has 0 aromatic heterocycles. The molecule has 0 heterocycles. The molecule has 1 aliphatic carbocycles. The summed E-state index contributed by atoms with van der Waals surface area (Å²) < 4.78 is 12.3. The monoisotopic (exact) mass is 246 g/mol. The minimum Gasteiger partial charge on any atom is -0.249 e. The first kappa shape index (κ1) is 12.3. The molecule has 0 saturated heterocycles. The molecule has 1 aliphatic rings. The molecule has 1 nitrogen and oxygen atoms in total. The molecule has 90 valence electrons. The van der Waals surface area contributed by atoms with Crippen LogP contribution in [-0.2, 0) is 10.8 Å². The molecule has 0 spiro atoms. The van der Waals surface area contributed by atoms with Gasteiger partial charge in [0.25, 0.3) is 0 Å². The maximum absolute atomic E-state index is 12.3. The van der Waals surface area contributed by atoms with Crippen LogP contribution in [0.15, 0.2) is 58.4 Å². The standard InChI is InChI=1S/C15H18OS/c1-12(2)13-8-10-15(11-9-13)17(16)14-6-4-3-5-7-14/h3-7,10,13H,1,8-9,11H2,2H3/t13-,17-/m0/s1. The second-order valence-corrected chi connectivity index (χ2v) is 6.10. The summed E-state index contributed by atoms with van der Waals surface area (Å²) in [6.45, 7) is 6.08. The largest absolute Gasteiger partial charge is 0.249 e. The Kier molecular flexibility index (Phi) is 3.95. The Hall–Kier alpha value is -1.15.